The molecule has 31 heavy (non-hydrogen) atoms. The zero-order chi connectivity index (χ0) is 23.9. The lowest BCUT2D eigenvalue weighted by Crippen LogP contribution is -2.65. The van der Waals surface area contributed by atoms with Crippen molar-refractivity contribution in [3.8, 4) is 0 Å². The third-order valence-corrected chi connectivity index (χ3v) is 5.84. The lowest BCUT2D eigenvalue weighted by molar-refractivity contribution is -0.906. The highest BCUT2D eigenvalue weighted by Gasteiger charge is 2.44. The quantitative estimate of drug-likeness (QED) is 0.277. The number of rotatable bonds is 10. The van der Waals surface area contributed by atoms with Crippen LogP contribution in [0.25, 0.3) is 0 Å². The van der Waals surface area contributed by atoms with E-state index in [0.717, 1.165) is 35.3 Å². The van der Waals surface area contributed by atoms with Crippen molar-refractivity contribution in [1.82, 2.24) is 0 Å². The molecule has 180 valence electrons. The average Bonchev–Trinajstić information content (AvgIpc) is 2.75. The molecular formula is C16H40B4N2O9. The van der Waals surface area contributed by atoms with E-state index in [1.165, 1.54) is 26.2 Å². The van der Waals surface area contributed by atoms with Crippen molar-refractivity contribution in [3.63, 3.8) is 0 Å². The summed E-state index contributed by atoms with van der Waals surface area (Å²) in [5.41, 5.74) is 0. The topological polar surface area (TPSA) is 111 Å². The minimum absolute atomic E-state index is 0.873. The lowest BCUT2D eigenvalue weighted by Gasteiger charge is -2.40. The number of hydrogen-bond acceptors (Lipinski definition) is 9. The molecule has 0 unspecified atom stereocenters. The van der Waals surface area contributed by atoms with Gasteiger partial charge in [-0.1, -0.05) is 0 Å². The summed E-state index contributed by atoms with van der Waals surface area (Å²) in [6.45, 7) is 17.7. The molecule has 2 heterocycles. The maximum absolute atomic E-state index is 10.5. The van der Waals surface area contributed by atoms with Gasteiger partial charge in [-0.05, 0) is 27.7 Å². The van der Waals surface area contributed by atoms with E-state index in [4.69, 9.17) is 9.47 Å². The molecule has 0 N–H and O–H groups in total. The van der Waals surface area contributed by atoms with Crippen LogP contribution in [-0.4, -0.2) is 119 Å². The Kier molecular flexibility index (Phi) is 16.3. The van der Waals surface area contributed by atoms with Crippen LogP contribution in [-0.2, 0) is 32.3 Å². The first-order chi connectivity index (χ1) is 14.6. The SMILES string of the molecule is CC[N+](C)(CC)CCOC.CC[N+](C)(CC)CCOC.[O-]B1OB2OB([O-])OB(O1)O2. The number of fused-ring (bicyclic) bond motifs is 2. The van der Waals surface area contributed by atoms with Crippen molar-refractivity contribution in [3.05, 3.63) is 0 Å². The molecule has 0 atom stereocenters. The Bertz CT molecular complexity index is 396. The summed E-state index contributed by atoms with van der Waals surface area (Å²) >= 11 is 0. The summed E-state index contributed by atoms with van der Waals surface area (Å²) in [7, 11) is 2.04. The molecule has 2 bridgehead atoms. The minimum Gasteiger partial charge on any atom is -0.833 e. The van der Waals surface area contributed by atoms with E-state index in [1.54, 1.807) is 14.2 Å². The Morgan fingerprint density at radius 1 is 0.613 bits per heavy atom. The lowest BCUT2D eigenvalue weighted by atomic mass is 9.90. The Balaban J connectivity index is 0.000000437. The smallest absolute Gasteiger partial charge is 0.597 e. The number of ether oxygens (including phenoxy) is 2. The molecule has 0 amide bonds. The van der Waals surface area contributed by atoms with Gasteiger partial charge in [-0.3, -0.25) is 0 Å². The van der Waals surface area contributed by atoms with Crippen molar-refractivity contribution in [1.29, 1.82) is 0 Å². The molecule has 2 saturated heterocycles. The van der Waals surface area contributed by atoms with Gasteiger partial charge in [0.15, 0.2) is 0 Å². The van der Waals surface area contributed by atoms with Gasteiger partial charge >= 0.3 is 29.3 Å². The summed E-state index contributed by atoms with van der Waals surface area (Å²) in [5, 5.41) is 21.0. The average molecular weight is 448 g/mol. The van der Waals surface area contributed by atoms with Gasteiger partial charge in [-0.25, -0.2) is 0 Å². The fourth-order valence-corrected chi connectivity index (χ4v) is 2.41. The summed E-state index contributed by atoms with van der Waals surface area (Å²) in [6.07, 6.45) is 0. The first kappa shape index (κ1) is 30.8. The van der Waals surface area contributed by atoms with E-state index in [-0.39, 0.29) is 0 Å². The van der Waals surface area contributed by atoms with Gasteiger partial charge in [-0.2, -0.15) is 0 Å². The van der Waals surface area contributed by atoms with E-state index in [0.29, 0.717) is 0 Å². The maximum atomic E-state index is 10.5. The molecule has 0 aromatic carbocycles. The van der Waals surface area contributed by atoms with Crippen molar-refractivity contribution < 1.29 is 51.3 Å². The molecule has 0 aromatic heterocycles. The minimum atomic E-state index is -1.73. The van der Waals surface area contributed by atoms with Crippen LogP contribution in [0.4, 0.5) is 0 Å². The Hall–Kier alpha value is -0.180. The van der Waals surface area contributed by atoms with Crippen molar-refractivity contribution in [2.75, 3.05) is 80.8 Å². The van der Waals surface area contributed by atoms with Gasteiger partial charge in [0.05, 0.1) is 53.5 Å². The number of methoxy groups -OCH3 is 2. The number of nitrogens with zero attached hydrogens (tertiary/aromatic N) is 2. The van der Waals surface area contributed by atoms with Crippen LogP contribution in [0.3, 0.4) is 0 Å². The first-order valence-electron chi connectivity index (χ1n) is 10.8. The highest BCUT2D eigenvalue weighted by atomic mass is 16.9. The number of hydrogen-bond donors (Lipinski definition) is 0. The predicted octanol–water partition coefficient (Wildman–Crippen LogP) is -2.00. The van der Waals surface area contributed by atoms with Gasteiger partial charge in [0.25, 0.3) is 0 Å². The standard InChI is InChI=1S/2C8H20NO.B4O7/c2*1-5-9(3,6-2)7-8-10-4;5-1-7-3-9-2(6)10-4(8-1)11-3/h2*5-8H2,1-4H3;/q2*+1;-2. The van der Waals surface area contributed by atoms with Gasteiger partial charge in [0.2, 0.25) is 0 Å². The molecule has 2 aliphatic rings. The first-order valence-corrected chi connectivity index (χ1v) is 10.8. The van der Waals surface area contributed by atoms with Crippen LogP contribution in [0, 0.1) is 0 Å². The maximum Gasteiger partial charge on any atom is 0.597 e. The van der Waals surface area contributed by atoms with E-state index < -0.39 is 29.3 Å². The van der Waals surface area contributed by atoms with Crippen molar-refractivity contribution in [2.24, 2.45) is 0 Å². The van der Waals surface area contributed by atoms with Gasteiger partial charge in [0.1, 0.15) is 13.1 Å². The van der Waals surface area contributed by atoms with E-state index >= 15 is 0 Å². The van der Waals surface area contributed by atoms with Crippen LogP contribution < -0.4 is 10.0 Å². The van der Waals surface area contributed by atoms with E-state index in [2.05, 4.69) is 64.6 Å². The molecule has 2 aliphatic heterocycles. The van der Waals surface area contributed by atoms with Crippen LogP contribution in [0.5, 0.6) is 0 Å². The highest BCUT2D eigenvalue weighted by Crippen LogP contribution is 2.12. The van der Waals surface area contributed by atoms with Crippen LogP contribution in [0.1, 0.15) is 27.7 Å². The summed E-state index contributed by atoms with van der Waals surface area (Å²) < 4.78 is 34.2. The molecule has 0 radical (unpaired) electrons. The molecule has 15 heteroatoms. The molecule has 11 nitrogen and oxygen atoms in total. The monoisotopic (exact) mass is 448 g/mol. The molecule has 2 fully saturated rings. The van der Waals surface area contributed by atoms with Crippen LogP contribution in [0.2, 0.25) is 0 Å². The zero-order valence-electron chi connectivity index (χ0n) is 20.5. The summed E-state index contributed by atoms with van der Waals surface area (Å²) in [4.78, 5) is 0. The second-order valence-electron chi connectivity index (χ2n) is 7.77. The van der Waals surface area contributed by atoms with Gasteiger partial charge in [0, 0.05) is 14.2 Å². The summed E-state index contributed by atoms with van der Waals surface area (Å²) in [5.74, 6) is 0. The van der Waals surface area contributed by atoms with E-state index in [1.807, 2.05) is 0 Å². The number of quaternary nitrogens is 2. The fraction of sp³-hybridized carbons (Fsp3) is 1.00. The van der Waals surface area contributed by atoms with Crippen molar-refractivity contribution in [2.45, 2.75) is 27.7 Å². The number of likely N-dealkylation sites (N-methyl/N-ethyl adjacent to an activating group) is 2. The normalized spacial score (nSPS) is 16.5. The van der Waals surface area contributed by atoms with Gasteiger partial charge < -0.3 is 51.3 Å². The second kappa shape index (κ2) is 16.4. The van der Waals surface area contributed by atoms with Crippen LogP contribution in [0.15, 0.2) is 0 Å². The molecular weight excluding hydrogens is 407 g/mol. The van der Waals surface area contributed by atoms with Crippen LogP contribution >= 0.6 is 0 Å². The third-order valence-electron chi connectivity index (χ3n) is 5.84. The molecule has 0 aliphatic carbocycles. The Morgan fingerprint density at radius 2 is 0.903 bits per heavy atom. The Morgan fingerprint density at radius 3 is 1.13 bits per heavy atom. The Labute approximate surface area is 189 Å². The summed E-state index contributed by atoms with van der Waals surface area (Å²) in [6, 6.07) is 0. The second-order valence-corrected chi connectivity index (χ2v) is 7.77. The highest BCUT2D eigenvalue weighted by molar-refractivity contribution is 6.73. The third kappa shape index (κ3) is 13.2. The molecule has 0 aromatic rings. The molecule has 2 rings (SSSR count). The molecule has 0 spiro atoms. The zero-order valence-corrected chi connectivity index (χ0v) is 20.5. The largest absolute Gasteiger partial charge is 0.833 e. The van der Waals surface area contributed by atoms with E-state index in [9.17, 15) is 10.0 Å². The van der Waals surface area contributed by atoms with Gasteiger partial charge in [-0.15, -0.1) is 0 Å². The predicted molar refractivity (Wildman–Crippen MR) is 116 cm³/mol. The fourth-order valence-electron chi connectivity index (χ4n) is 2.41. The molecule has 0 saturated carbocycles. The van der Waals surface area contributed by atoms with Crippen molar-refractivity contribution >= 4 is 29.3 Å².